The first-order valence-electron chi connectivity index (χ1n) is 7.13. The number of piperidine rings is 1. The summed E-state index contributed by atoms with van der Waals surface area (Å²) in [5, 5.41) is 0. The molecule has 2 nitrogen and oxygen atoms in total. The number of ketones is 1. The molecule has 1 aliphatic heterocycles. The van der Waals surface area contributed by atoms with Gasteiger partial charge in [-0.25, -0.2) is 0 Å². The fourth-order valence-electron chi connectivity index (χ4n) is 2.79. The Bertz CT molecular complexity index is 413. The van der Waals surface area contributed by atoms with Gasteiger partial charge in [-0.15, -0.1) is 0 Å². The largest absolute Gasteiger partial charge is 0.371 e. The van der Waals surface area contributed by atoms with E-state index in [2.05, 4.69) is 17.9 Å². The lowest BCUT2D eigenvalue weighted by molar-refractivity contribution is 0.0988. The van der Waals surface area contributed by atoms with Gasteiger partial charge in [0.05, 0.1) is 0 Å². The third kappa shape index (κ3) is 2.74. The van der Waals surface area contributed by atoms with E-state index < -0.39 is 0 Å². The highest BCUT2D eigenvalue weighted by Gasteiger charge is 2.21. The lowest BCUT2D eigenvalue weighted by Crippen LogP contribution is -2.36. The van der Waals surface area contributed by atoms with Crippen molar-refractivity contribution in [1.29, 1.82) is 0 Å². The van der Waals surface area contributed by atoms with Gasteiger partial charge < -0.3 is 4.90 Å². The molecule has 0 spiro atoms. The second-order valence-corrected chi connectivity index (χ2v) is 5.16. The number of rotatable bonds is 4. The average Bonchev–Trinajstić information content (AvgIpc) is 2.46. The van der Waals surface area contributed by atoms with Gasteiger partial charge in [0.1, 0.15) is 0 Å². The lowest BCUT2D eigenvalue weighted by atomic mass is 9.94. The number of hydrogen-bond acceptors (Lipinski definition) is 2. The highest BCUT2D eigenvalue weighted by atomic mass is 16.1. The Hall–Kier alpha value is -1.31. The number of benzene rings is 1. The number of carbonyl (C=O) groups excluding carboxylic acids is 1. The molecule has 1 aromatic carbocycles. The molecule has 0 bridgehead atoms. The number of nitrogens with zero attached hydrogens (tertiary/aromatic N) is 1. The van der Waals surface area contributed by atoms with E-state index in [0.29, 0.717) is 6.42 Å². The predicted molar refractivity (Wildman–Crippen MR) is 76.3 cm³/mol. The number of para-hydroxylation sites is 1. The quantitative estimate of drug-likeness (QED) is 0.750. The number of anilines is 1. The van der Waals surface area contributed by atoms with Crippen LogP contribution in [0.1, 0.15) is 49.9 Å². The molecule has 1 unspecified atom stereocenters. The molecule has 0 N–H and O–H groups in total. The van der Waals surface area contributed by atoms with Gasteiger partial charge in [-0.3, -0.25) is 4.79 Å². The minimum Gasteiger partial charge on any atom is -0.371 e. The molecule has 0 radical (unpaired) electrons. The number of Topliss-reactive ketones (excluding diaryl/α,β-unsaturated/α-hetero) is 1. The summed E-state index contributed by atoms with van der Waals surface area (Å²) < 4.78 is 0. The maximum Gasteiger partial charge on any atom is 0.164 e. The van der Waals surface area contributed by atoms with Crippen LogP contribution in [0.4, 0.5) is 5.69 Å². The smallest absolute Gasteiger partial charge is 0.164 e. The summed E-state index contributed by atoms with van der Waals surface area (Å²) in [5.74, 6) is 1.03. The van der Waals surface area contributed by atoms with Crippen molar-refractivity contribution >= 4 is 11.5 Å². The van der Waals surface area contributed by atoms with Gasteiger partial charge in [0.15, 0.2) is 5.78 Å². The Kier molecular flexibility index (Phi) is 4.40. The van der Waals surface area contributed by atoms with Crippen LogP contribution in [0, 0.1) is 5.92 Å². The van der Waals surface area contributed by atoms with Crippen LogP contribution < -0.4 is 4.90 Å². The molecule has 0 saturated carbocycles. The van der Waals surface area contributed by atoms with Crippen molar-refractivity contribution in [3.8, 4) is 0 Å². The highest BCUT2D eigenvalue weighted by molar-refractivity contribution is 6.01. The third-order valence-electron chi connectivity index (χ3n) is 3.96. The highest BCUT2D eigenvalue weighted by Crippen LogP contribution is 2.28. The molecular formula is C16H23NO. The van der Waals surface area contributed by atoms with Gasteiger partial charge in [-0.1, -0.05) is 32.4 Å². The Labute approximate surface area is 110 Å². The molecule has 1 fully saturated rings. The first-order valence-corrected chi connectivity index (χ1v) is 7.13. The van der Waals surface area contributed by atoms with Crippen molar-refractivity contribution in [2.45, 2.75) is 39.5 Å². The van der Waals surface area contributed by atoms with E-state index in [1.807, 2.05) is 25.1 Å². The SMILES string of the molecule is CCC(=O)c1ccccc1N1CCCC(CC)C1. The van der Waals surface area contributed by atoms with E-state index in [4.69, 9.17) is 0 Å². The number of hydrogen-bond donors (Lipinski definition) is 0. The first kappa shape index (κ1) is 13.1. The molecule has 1 heterocycles. The van der Waals surface area contributed by atoms with E-state index in [-0.39, 0.29) is 5.78 Å². The topological polar surface area (TPSA) is 20.3 Å². The average molecular weight is 245 g/mol. The normalized spacial score (nSPS) is 19.9. The zero-order chi connectivity index (χ0) is 13.0. The minimum atomic E-state index is 0.254. The fraction of sp³-hybridized carbons (Fsp3) is 0.562. The van der Waals surface area contributed by atoms with E-state index in [0.717, 1.165) is 30.3 Å². The Morgan fingerprint density at radius 2 is 2.11 bits per heavy atom. The number of carbonyl (C=O) groups is 1. The van der Waals surface area contributed by atoms with Crippen molar-refractivity contribution in [2.24, 2.45) is 5.92 Å². The Balaban J connectivity index is 2.24. The monoisotopic (exact) mass is 245 g/mol. The summed E-state index contributed by atoms with van der Waals surface area (Å²) >= 11 is 0. The predicted octanol–water partition coefficient (Wildman–Crippen LogP) is 3.91. The Morgan fingerprint density at radius 3 is 2.83 bits per heavy atom. The standard InChI is InChI=1S/C16H23NO/c1-3-13-8-7-11-17(12-13)15-10-6-5-9-14(15)16(18)4-2/h5-6,9-10,13H,3-4,7-8,11-12H2,1-2H3. The van der Waals surface area contributed by atoms with E-state index in [1.54, 1.807) is 0 Å². The van der Waals surface area contributed by atoms with Crippen LogP contribution in [-0.2, 0) is 0 Å². The first-order chi connectivity index (χ1) is 8.76. The molecular weight excluding hydrogens is 222 g/mol. The van der Waals surface area contributed by atoms with Crippen molar-refractivity contribution in [2.75, 3.05) is 18.0 Å². The van der Waals surface area contributed by atoms with Gasteiger partial charge in [-0.05, 0) is 30.9 Å². The van der Waals surface area contributed by atoms with Crippen LogP contribution in [0.5, 0.6) is 0 Å². The van der Waals surface area contributed by atoms with Crippen molar-refractivity contribution in [3.05, 3.63) is 29.8 Å². The molecule has 2 rings (SSSR count). The van der Waals surface area contributed by atoms with Crippen LogP contribution in [-0.4, -0.2) is 18.9 Å². The molecule has 1 saturated heterocycles. The van der Waals surface area contributed by atoms with E-state index >= 15 is 0 Å². The van der Waals surface area contributed by atoms with Gasteiger partial charge in [0, 0.05) is 30.8 Å². The zero-order valence-electron chi connectivity index (χ0n) is 11.5. The van der Waals surface area contributed by atoms with Crippen LogP contribution in [0.3, 0.4) is 0 Å². The lowest BCUT2D eigenvalue weighted by Gasteiger charge is -2.35. The maximum absolute atomic E-state index is 12.0. The molecule has 2 heteroatoms. The van der Waals surface area contributed by atoms with Crippen LogP contribution >= 0.6 is 0 Å². The molecule has 1 aliphatic rings. The summed E-state index contributed by atoms with van der Waals surface area (Å²) in [7, 11) is 0. The molecule has 0 amide bonds. The van der Waals surface area contributed by atoms with Gasteiger partial charge in [-0.2, -0.15) is 0 Å². The molecule has 0 aliphatic carbocycles. The molecule has 0 aromatic heterocycles. The van der Waals surface area contributed by atoms with Gasteiger partial charge in [0.25, 0.3) is 0 Å². The van der Waals surface area contributed by atoms with Gasteiger partial charge >= 0.3 is 0 Å². The molecule has 18 heavy (non-hydrogen) atoms. The summed E-state index contributed by atoms with van der Waals surface area (Å²) in [5.41, 5.74) is 2.04. The maximum atomic E-state index is 12.0. The van der Waals surface area contributed by atoms with Crippen LogP contribution in [0.25, 0.3) is 0 Å². The van der Waals surface area contributed by atoms with Crippen molar-refractivity contribution < 1.29 is 4.79 Å². The van der Waals surface area contributed by atoms with Crippen molar-refractivity contribution in [1.82, 2.24) is 0 Å². The van der Waals surface area contributed by atoms with E-state index in [1.165, 1.54) is 19.3 Å². The molecule has 1 atom stereocenters. The van der Waals surface area contributed by atoms with Crippen LogP contribution in [0.15, 0.2) is 24.3 Å². The second kappa shape index (κ2) is 6.03. The summed E-state index contributed by atoms with van der Waals surface area (Å²) in [6.07, 6.45) is 4.40. The summed E-state index contributed by atoms with van der Waals surface area (Å²) in [6, 6.07) is 8.07. The van der Waals surface area contributed by atoms with Crippen molar-refractivity contribution in [3.63, 3.8) is 0 Å². The summed E-state index contributed by atoms with van der Waals surface area (Å²) in [6.45, 7) is 6.39. The second-order valence-electron chi connectivity index (χ2n) is 5.16. The summed E-state index contributed by atoms with van der Waals surface area (Å²) in [4.78, 5) is 14.4. The van der Waals surface area contributed by atoms with Gasteiger partial charge in [0.2, 0.25) is 0 Å². The fourth-order valence-corrected chi connectivity index (χ4v) is 2.79. The zero-order valence-corrected chi connectivity index (χ0v) is 11.5. The van der Waals surface area contributed by atoms with E-state index in [9.17, 15) is 4.79 Å². The third-order valence-corrected chi connectivity index (χ3v) is 3.96. The molecule has 1 aromatic rings. The molecule has 98 valence electrons. The van der Waals surface area contributed by atoms with Crippen LogP contribution in [0.2, 0.25) is 0 Å². The Morgan fingerprint density at radius 1 is 1.33 bits per heavy atom. The minimum absolute atomic E-state index is 0.254.